The normalized spacial score (nSPS) is 18.6. The van der Waals surface area contributed by atoms with Crippen molar-refractivity contribution in [1.29, 1.82) is 0 Å². The van der Waals surface area contributed by atoms with Gasteiger partial charge in [-0.1, -0.05) is 42.5 Å². The fraction of sp³-hybridized carbons (Fsp3) is 0.296. The summed E-state index contributed by atoms with van der Waals surface area (Å²) in [6.07, 6.45) is -1.10. The van der Waals surface area contributed by atoms with Crippen molar-refractivity contribution in [2.24, 2.45) is 5.92 Å². The first kappa shape index (κ1) is 25.6. The number of fused-ring (bicyclic) bond motifs is 1. The van der Waals surface area contributed by atoms with Crippen molar-refractivity contribution in [2.45, 2.75) is 25.2 Å². The molecule has 180 valence electrons. The van der Waals surface area contributed by atoms with Crippen LogP contribution < -0.4 is 31.9 Å². The van der Waals surface area contributed by atoms with Crippen LogP contribution in [0.5, 0.6) is 17.2 Å². The van der Waals surface area contributed by atoms with Gasteiger partial charge < -0.3 is 37.0 Å². The van der Waals surface area contributed by atoms with Crippen molar-refractivity contribution in [3.8, 4) is 17.2 Å². The van der Waals surface area contributed by atoms with Crippen molar-refractivity contribution < 1.29 is 41.8 Å². The number of rotatable bonds is 8. The lowest BCUT2D eigenvalue weighted by atomic mass is 9.85. The lowest BCUT2D eigenvalue weighted by Crippen LogP contribution is -3.00. The highest BCUT2D eigenvalue weighted by Gasteiger charge is 2.40. The summed E-state index contributed by atoms with van der Waals surface area (Å²) in [5.74, 6) is 1.51. The second-order valence-electron chi connectivity index (χ2n) is 8.33. The Kier molecular flexibility index (Phi) is 8.56. The third-order valence-electron chi connectivity index (χ3n) is 6.26. The van der Waals surface area contributed by atoms with E-state index >= 15 is 0 Å². The molecule has 0 amide bonds. The molecular weight excluding hydrogens is 454 g/mol. The number of ether oxygens (including phenoxy) is 3. The van der Waals surface area contributed by atoms with Crippen molar-refractivity contribution >= 4 is 5.78 Å². The molecule has 6 nitrogen and oxygen atoms in total. The van der Waals surface area contributed by atoms with Gasteiger partial charge in [-0.05, 0) is 42.3 Å². The summed E-state index contributed by atoms with van der Waals surface area (Å²) in [7, 11) is 3.21. The maximum atomic E-state index is 13.5. The Morgan fingerprint density at radius 2 is 1.62 bits per heavy atom. The zero-order chi connectivity index (χ0) is 23.4. The van der Waals surface area contributed by atoms with E-state index in [4.69, 9.17) is 14.2 Å². The molecule has 4 atom stereocenters. The third-order valence-corrected chi connectivity index (χ3v) is 6.26. The number of carbonyl (C=O) groups excluding carboxylic acids is 1. The molecule has 4 unspecified atom stereocenters. The molecule has 0 fully saturated rings. The number of benzene rings is 3. The lowest BCUT2D eigenvalue weighted by Gasteiger charge is -2.33. The molecule has 1 aliphatic heterocycles. The highest BCUT2D eigenvalue weighted by Crippen LogP contribution is 2.40. The van der Waals surface area contributed by atoms with Crippen molar-refractivity contribution in [1.82, 2.24) is 0 Å². The van der Waals surface area contributed by atoms with Crippen LogP contribution in [-0.2, 0) is 0 Å². The van der Waals surface area contributed by atoms with Crippen molar-refractivity contribution in [3.05, 3.63) is 89.5 Å². The monoisotopic (exact) mass is 483 g/mol. The van der Waals surface area contributed by atoms with Gasteiger partial charge in [-0.2, -0.15) is 0 Å². The van der Waals surface area contributed by atoms with Crippen LogP contribution in [0, 0.1) is 5.92 Å². The topological polar surface area (TPSA) is 81.6 Å². The van der Waals surface area contributed by atoms with E-state index in [1.165, 1.54) is 0 Å². The molecule has 3 N–H and O–H groups in total. The van der Waals surface area contributed by atoms with Crippen LogP contribution in [-0.4, -0.2) is 37.7 Å². The number of nitrogens with two attached hydrogens (primary N) is 1. The van der Waals surface area contributed by atoms with Crippen LogP contribution in [0.25, 0.3) is 0 Å². The van der Waals surface area contributed by atoms with Crippen LogP contribution >= 0.6 is 0 Å². The molecule has 0 aliphatic carbocycles. The summed E-state index contributed by atoms with van der Waals surface area (Å²) in [4.78, 5) is 13.5. The van der Waals surface area contributed by atoms with Gasteiger partial charge in [0, 0.05) is 6.07 Å². The number of hydrogen-bond donors (Lipinski definition) is 2. The molecule has 1 aliphatic rings. The Labute approximate surface area is 206 Å². The smallest absolute Gasteiger partial charge is 0.179 e. The van der Waals surface area contributed by atoms with Crippen LogP contribution in [0.15, 0.2) is 72.8 Å². The Balaban J connectivity index is 0.00000324. The maximum Gasteiger partial charge on any atom is 0.179 e. The van der Waals surface area contributed by atoms with E-state index < -0.39 is 18.1 Å². The molecule has 0 saturated heterocycles. The van der Waals surface area contributed by atoms with E-state index in [9.17, 15) is 9.90 Å². The summed E-state index contributed by atoms with van der Waals surface area (Å²) in [5, 5.41) is 12.8. The largest absolute Gasteiger partial charge is 1.00 e. The van der Waals surface area contributed by atoms with Crippen LogP contribution in [0.1, 0.15) is 40.6 Å². The van der Waals surface area contributed by atoms with Gasteiger partial charge in [0.2, 0.25) is 0 Å². The molecular formula is C27H30ClNO5. The van der Waals surface area contributed by atoms with Gasteiger partial charge >= 0.3 is 0 Å². The minimum atomic E-state index is -0.637. The quantitative estimate of drug-likeness (QED) is 0.482. The summed E-state index contributed by atoms with van der Waals surface area (Å²) in [6, 6.07) is 22.3. The third kappa shape index (κ3) is 5.36. The average Bonchev–Trinajstić information content (AvgIpc) is 2.87. The van der Waals surface area contributed by atoms with Crippen LogP contribution in [0.2, 0.25) is 0 Å². The van der Waals surface area contributed by atoms with E-state index in [1.54, 1.807) is 32.4 Å². The first-order valence-corrected chi connectivity index (χ1v) is 11.1. The Morgan fingerprint density at radius 1 is 0.971 bits per heavy atom. The average molecular weight is 484 g/mol. The number of halogens is 1. The number of hydrogen-bond acceptors (Lipinski definition) is 5. The molecule has 3 aromatic carbocycles. The number of aliphatic hydroxyl groups is 1. The summed E-state index contributed by atoms with van der Waals surface area (Å²) in [6.45, 7) is 2.44. The predicted molar refractivity (Wildman–Crippen MR) is 125 cm³/mol. The van der Waals surface area contributed by atoms with Crippen molar-refractivity contribution in [2.75, 3.05) is 20.8 Å². The highest BCUT2D eigenvalue weighted by atomic mass is 35.5. The minimum Gasteiger partial charge on any atom is -1.00 e. The number of quaternary nitrogens is 1. The molecule has 0 saturated carbocycles. The molecule has 1 heterocycles. The molecule has 0 aromatic heterocycles. The molecule has 34 heavy (non-hydrogen) atoms. The standard InChI is InChI=1S/C27H29NO5.ClH/c1-17(25(29)18-7-5-4-6-8-18)28-16-23-26(30)22-14-13-21(32-3)15-24(22)33-27(23)19-9-11-20(31-2)12-10-19;/h4-15,17,23,25,27-29H,16H2,1-3H3;1H. The Bertz CT molecular complexity index is 1090. The van der Waals surface area contributed by atoms with Crippen LogP contribution in [0.4, 0.5) is 0 Å². The van der Waals surface area contributed by atoms with Gasteiger partial charge in [0.1, 0.15) is 41.4 Å². The summed E-state index contributed by atoms with van der Waals surface area (Å²) < 4.78 is 17.0. The SMILES string of the molecule is COc1ccc(C2Oc3cc(OC)ccc3C(=O)C2C[NH2+]C(C)C(O)c2ccccc2)cc1.[Cl-]. The van der Waals surface area contributed by atoms with Gasteiger partial charge in [0.25, 0.3) is 0 Å². The first-order valence-electron chi connectivity index (χ1n) is 11.1. The van der Waals surface area contributed by atoms with E-state index in [1.807, 2.05) is 66.8 Å². The van der Waals surface area contributed by atoms with Crippen molar-refractivity contribution in [3.63, 3.8) is 0 Å². The Morgan fingerprint density at radius 3 is 2.26 bits per heavy atom. The predicted octanol–water partition coefficient (Wildman–Crippen LogP) is 0.326. The highest BCUT2D eigenvalue weighted by molar-refractivity contribution is 6.02. The van der Waals surface area contributed by atoms with E-state index in [-0.39, 0.29) is 24.2 Å². The van der Waals surface area contributed by atoms with Gasteiger partial charge in [0.05, 0.1) is 26.3 Å². The number of aliphatic hydroxyl groups excluding tert-OH is 1. The summed E-state index contributed by atoms with van der Waals surface area (Å²) >= 11 is 0. The molecule has 7 heteroatoms. The van der Waals surface area contributed by atoms with Gasteiger partial charge in [-0.25, -0.2) is 0 Å². The fourth-order valence-electron chi connectivity index (χ4n) is 4.26. The maximum absolute atomic E-state index is 13.5. The molecule has 4 rings (SSSR count). The molecule has 0 spiro atoms. The number of carbonyl (C=O) groups is 1. The fourth-order valence-corrected chi connectivity index (χ4v) is 4.26. The van der Waals surface area contributed by atoms with Gasteiger partial charge in [-0.15, -0.1) is 0 Å². The summed E-state index contributed by atoms with van der Waals surface area (Å²) in [5.41, 5.74) is 2.30. The number of methoxy groups -OCH3 is 2. The molecule has 0 bridgehead atoms. The van der Waals surface area contributed by atoms with Crippen LogP contribution in [0.3, 0.4) is 0 Å². The minimum absolute atomic E-state index is 0. The second kappa shape index (κ2) is 11.4. The van der Waals surface area contributed by atoms with E-state index in [0.717, 1.165) is 16.9 Å². The zero-order valence-electron chi connectivity index (χ0n) is 19.5. The van der Waals surface area contributed by atoms with E-state index in [2.05, 4.69) is 0 Å². The first-order chi connectivity index (χ1) is 16.0. The number of ketones is 1. The second-order valence-corrected chi connectivity index (χ2v) is 8.33. The van der Waals surface area contributed by atoms with E-state index in [0.29, 0.717) is 23.6 Å². The lowest BCUT2D eigenvalue weighted by molar-refractivity contribution is -0.698. The number of Topliss-reactive ketones (excluding diaryl/α,β-unsaturated/α-hetero) is 1. The van der Waals surface area contributed by atoms with Gasteiger partial charge in [-0.3, -0.25) is 4.79 Å². The molecule has 3 aromatic rings. The zero-order valence-corrected chi connectivity index (χ0v) is 20.2. The molecule has 0 radical (unpaired) electrons. The van der Waals surface area contributed by atoms with Gasteiger partial charge in [0.15, 0.2) is 5.78 Å². The Hall–Kier alpha value is -3.06.